The van der Waals surface area contributed by atoms with Gasteiger partial charge in [0.15, 0.2) is 5.60 Å². The van der Waals surface area contributed by atoms with Gasteiger partial charge in [-0.15, -0.1) is 0 Å². The van der Waals surface area contributed by atoms with Gasteiger partial charge in [0, 0.05) is 44.8 Å². The minimum absolute atomic E-state index is 0.641. The Kier molecular flexibility index (Phi) is 7.69. The standard InChI is InChI=1S/C44H38O7/c1-43(45)37-10-8-7-9-32(37)40-35-25-39(50-6)34(31-20-19-30(48-4)23-38(31)49-5)24-36(35)42-33(41(40)43)21-22-44(51-42,26-11-15-28(46-2)16-12-26)27-13-17-29(47-3)18-14-27/h7-25,45H,1-6H3. The fourth-order valence-corrected chi connectivity index (χ4v) is 7.77. The highest BCUT2D eigenvalue weighted by Crippen LogP contribution is 2.58. The molecular formula is C44H38O7. The van der Waals surface area contributed by atoms with Crippen molar-refractivity contribution in [3.63, 3.8) is 0 Å². The molecule has 7 heteroatoms. The number of aliphatic hydroxyl groups is 1. The van der Waals surface area contributed by atoms with E-state index in [9.17, 15) is 5.11 Å². The first-order chi connectivity index (χ1) is 24.8. The molecule has 0 fully saturated rings. The van der Waals surface area contributed by atoms with Crippen LogP contribution in [0, 0.1) is 0 Å². The highest BCUT2D eigenvalue weighted by atomic mass is 16.5. The van der Waals surface area contributed by atoms with Gasteiger partial charge >= 0.3 is 0 Å². The van der Waals surface area contributed by atoms with E-state index in [0.717, 1.165) is 72.3 Å². The van der Waals surface area contributed by atoms with E-state index >= 15 is 0 Å². The Labute approximate surface area is 297 Å². The fourth-order valence-electron chi connectivity index (χ4n) is 7.77. The maximum absolute atomic E-state index is 12.4. The number of fused-ring (bicyclic) bond motifs is 8. The molecule has 1 heterocycles. The molecule has 0 saturated heterocycles. The summed E-state index contributed by atoms with van der Waals surface area (Å²) in [6.07, 6.45) is 4.19. The molecule has 0 saturated carbocycles. The molecule has 0 bridgehead atoms. The number of methoxy groups -OCH3 is 5. The molecule has 0 radical (unpaired) electrons. The predicted molar refractivity (Wildman–Crippen MR) is 200 cm³/mol. The molecular weight excluding hydrogens is 640 g/mol. The fraction of sp³-hybridized carbons (Fsp3) is 0.182. The lowest BCUT2D eigenvalue weighted by molar-refractivity contribution is 0.105. The van der Waals surface area contributed by atoms with E-state index in [1.807, 2.05) is 91.9 Å². The van der Waals surface area contributed by atoms with Gasteiger partial charge < -0.3 is 33.5 Å². The van der Waals surface area contributed by atoms with Gasteiger partial charge in [0.25, 0.3) is 0 Å². The first-order valence-electron chi connectivity index (χ1n) is 16.7. The summed E-state index contributed by atoms with van der Waals surface area (Å²) in [7, 11) is 8.25. The van der Waals surface area contributed by atoms with Crippen molar-refractivity contribution in [1.82, 2.24) is 0 Å². The van der Waals surface area contributed by atoms with Crippen molar-refractivity contribution in [1.29, 1.82) is 0 Å². The van der Waals surface area contributed by atoms with Crippen molar-refractivity contribution in [2.75, 3.05) is 35.5 Å². The normalized spacial score (nSPS) is 16.5. The zero-order chi connectivity index (χ0) is 35.5. The molecule has 1 aliphatic carbocycles. The van der Waals surface area contributed by atoms with Gasteiger partial charge in [0.1, 0.15) is 40.1 Å². The number of ether oxygens (including phenoxy) is 6. The number of rotatable bonds is 8. The molecule has 0 amide bonds. The third-order valence-electron chi connectivity index (χ3n) is 10.3. The summed E-state index contributed by atoms with van der Waals surface area (Å²) in [5, 5.41) is 14.2. The average Bonchev–Trinajstić information content (AvgIpc) is 3.43. The topological polar surface area (TPSA) is 75.6 Å². The van der Waals surface area contributed by atoms with Gasteiger partial charge in [0.2, 0.25) is 0 Å². The molecule has 8 rings (SSSR count). The van der Waals surface area contributed by atoms with Gasteiger partial charge in [-0.1, -0.05) is 54.6 Å². The van der Waals surface area contributed by atoms with Crippen LogP contribution in [0.1, 0.15) is 34.7 Å². The van der Waals surface area contributed by atoms with E-state index in [0.29, 0.717) is 23.0 Å². The highest BCUT2D eigenvalue weighted by molar-refractivity contribution is 6.10. The quantitative estimate of drug-likeness (QED) is 0.172. The molecule has 51 heavy (non-hydrogen) atoms. The number of benzene rings is 6. The maximum atomic E-state index is 12.4. The van der Waals surface area contributed by atoms with E-state index in [1.165, 1.54) is 0 Å². The van der Waals surface area contributed by atoms with Crippen molar-refractivity contribution in [2.45, 2.75) is 18.1 Å². The van der Waals surface area contributed by atoms with Crippen molar-refractivity contribution in [2.24, 2.45) is 0 Å². The Bertz CT molecular complexity index is 2290. The van der Waals surface area contributed by atoms with Crippen LogP contribution in [-0.2, 0) is 11.2 Å². The second-order valence-corrected chi connectivity index (χ2v) is 12.9. The van der Waals surface area contributed by atoms with Gasteiger partial charge in [-0.3, -0.25) is 0 Å². The third kappa shape index (κ3) is 4.83. The summed E-state index contributed by atoms with van der Waals surface area (Å²) in [6.45, 7) is 1.86. The lowest BCUT2D eigenvalue weighted by Gasteiger charge is -2.38. The van der Waals surface area contributed by atoms with E-state index in [4.69, 9.17) is 28.4 Å². The van der Waals surface area contributed by atoms with Crippen LogP contribution >= 0.6 is 0 Å². The molecule has 0 spiro atoms. The summed E-state index contributed by atoms with van der Waals surface area (Å²) in [6, 6.07) is 33.8. The molecule has 6 aromatic carbocycles. The Morgan fingerprint density at radius 1 is 0.569 bits per heavy atom. The SMILES string of the molecule is COc1ccc(C2(c3ccc(OC)cc3)C=Cc3c4c(c5cc(OC)c(-c6ccc(OC)cc6OC)cc5c3O2)-c2ccccc2C4(C)O)cc1. The van der Waals surface area contributed by atoms with Gasteiger partial charge in [-0.05, 0) is 83.6 Å². The molecule has 7 nitrogen and oxygen atoms in total. The lowest BCUT2D eigenvalue weighted by Crippen LogP contribution is -2.35. The van der Waals surface area contributed by atoms with Crippen molar-refractivity contribution >= 4 is 16.8 Å². The maximum Gasteiger partial charge on any atom is 0.178 e. The Balaban J connectivity index is 1.47. The van der Waals surface area contributed by atoms with Crippen LogP contribution in [0.3, 0.4) is 0 Å². The smallest absolute Gasteiger partial charge is 0.178 e. The van der Waals surface area contributed by atoms with Gasteiger partial charge in [-0.2, -0.15) is 0 Å². The first-order valence-corrected chi connectivity index (χ1v) is 16.7. The lowest BCUT2D eigenvalue weighted by atomic mass is 9.80. The molecule has 0 aromatic heterocycles. The number of hydrogen-bond donors (Lipinski definition) is 1. The minimum atomic E-state index is -1.29. The van der Waals surface area contributed by atoms with Crippen LogP contribution in [0.4, 0.5) is 0 Å². The molecule has 1 aliphatic heterocycles. The Morgan fingerprint density at radius 2 is 1.16 bits per heavy atom. The van der Waals surface area contributed by atoms with Crippen molar-refractivity contribution < 1.29 is 33.5 Å². The molecule has 6 aromatic rings. The minimum Gasteiger partial charge on any atom is -0.497 e. The Morgan fingerprint density at radius 3 is 1.76 bits per heavy atom. The molecule has 256 valence electrons. The molecule has 1 unspecified atom stereocenters. The van der Waals surface area contributed by atoms with Crippen LogP contribution in [0.2, 0.25) is 0 Å². The zero-order valence-corrected chi connectivity index (χ0v) is 29.4. The summed E-state index contributed by atoms with van der Waals surface area (Å²) in [5.74, 6) is 4.10. The van der Waals surface area contributed by atoms with Crippen molar-refractivity contribution in [3.05, 3.63) is 137 Å². The summed E-state index contributed by atoms with van der Waals surface area (Å²) >= 11 is 0. The zero-order valence-electron chi connectivity index (χ0n) is 29.4. The van der Waals surface area contributed by atoms with Crippen LogP contribution in [0.5, 0.6) is 34.5 Å². The van der Waals surface area contributed by atoms with Crippen LogP contribution in [-0.4, -0.2) is 40.7 Å². The number of hydrogen-bond acceptors (Lipinski definition) is 7. The van der Waals surface area contributed by atoms with E-state index in [2.05, 4.69) is 30.4 Å². The largest absolute Gasteiger partial charge is 0.497 e. The predicted octanol–water partition coefficient (Wildman–Crippen LogP) is 9.14. The third-order valence-corrected chi connectivity index (χ3v) is 10.3. The first kappa shape index (κ1) is 32.3. The second kappa shape index (κ2) is 12.1. The average molecular weight is 679 g/mol. The van der Waals surface area contributed by atoms with Gasteiger partial charge in [0.05, 0.1) is 35.5 Å². The van der Waals surface area contributed by atoms with Crippen LogP contribution < -0.4 is 28.4 Å². The molecule has 1 atom stereocenters. The molecule has 1 N–H and O–H groups in total. The summed E-state index contributed by atoms with van der Waals surface area (Å²) in [5.41, 5.74) is 5.50. The van der Waals surface area contributed by atoms with Crippen LogP contribution in [0.25, 0.3) is 39.1 Å². The van der Waals surface area contributed by atoms with Crippen LogP contribution in [0.15, 0.2) is 109 Å². The summed E-state index contributed by atoms with van der Waals surface area (Å²) < 4.78 is 36.0. The van der Waals surface area contributed by atoms with E-state index < -0.39 is 11.2 Å². The van der Waals surface area contributed by atoms with Crippen molar-refractivity contribution in [3.8, 4) is 56.8 Å². The second-order valence-electron chi connectivity index (χ2n) is 12.9. The van der Waals surface area contributed by atoms with Gasteiger partial charge in [-0.25, -0.2) is 0 Å². The highest BCUT2D eigenvalue weighted by Gasteiger charge is 2.45. The summed E-state index contributed by atoms with van der Waals surface area (Å²) in [4.78, 5) is 0. The molecule has 2 aliphatic rings. The Hall–Kier alpha value is -5.92. The van der Waals surface area contributed by atoms with E-state index in [-0.39, 0.29) is 0 Å². The monoisotopic (exact) mass is 678 g/mol. The van der Waals surface area contributed by atoms with E-state index in [1.54, 1.807) is 35.5 Å².